The smallest absolute Gasteiger partial charge is 0.0939 e. The lowest BCUT2D eigenvalue weighted by atomic mass is 10.1. The molecule has 1 aromatic heterocycles. The molecule has 0 amide bonds. The second-order valence-corrected chi connectivity index (χ2v) is 4.11. The van der Waals surface area contributed by atoms with Crippen molar-refractivity contribution in [2.24, 2.45) is 0 Å². The Kier molecular flexibility index (Phi) is 3.27. The molecule has 2 rings (SSSR count). The van der Waals surface area contributed by atoms with Crippen LogP contribution in [0.15, 0.2) is 30.3 Å². The number of aromatic nitrogens is 2. The van der Waals surface area contributed by atoms with Crippen LogP contribution in [0.4, 0.5) is 0 Å². The Morgan fingerprint density at radius 1 is 1.38 bits per heavy atom. The number of H-pyrrole nitrogens is 1. The summed E-state index contributed by atoms with van der Waals surface area (Å²) in [6, 6.07) is 9.97. The number of rotatable bonds is 3. The van der Waals surface area contributed by atoms with E-state index in [1.807, 2.05) is 37.4 Å². The molecule has 0 aliphatic rings. The highest BCUT2D eigenvalue weighted by atomic mass is 35.5. The van der Waals surface area contributed by atoms with Crippen molar-refractivity contribution < 1.29 is 0 Å². The van der Waals surface area contributed by atoms with Crippen LogP contribution < -0.4 is 5.32 Å². The second kappa shape index (κ2) is 4.68. The molecule has 0 fully saturated rings. The number of benzene rings is 1. The van der Waals surface area contributed by atoms with E-state index in [1.165, 1.54) is 0 Å². The molecule has 0 aliphatic heterocycles. The van der Waals surface area contributed by atoms with E-state index in [4.69, 9.17) is 11.6 Å². The zero-order valence-electron chi connectivity index (χ0n) is 9.29. The fourth-order valence-corrected chi connectivity index (χ4v) is 1.75. The third-order valence-electron chi connectivity index (χ3n) is 2.65. The normalized spacial score (nSPS) is 12.7. The minimum Gasteiger partial charge on any atom is -0.312 e. The summed E-state index contributed by atoms with van der Waals surface area (Å²) in [4.78, 5) is 0. The molecule has 16 heavy (non-hydrogen) atoms. The zero-order chi connectivity index (χ0) is 11.5. The molecule has 1 heterocycles. The van der Waals surface area contributed by atoms with E-state index in [0.717, 1.165) is 22.0 Å². The van der Waals surface area contributed by atoms with Gasteiger partial charge in [0.15, 0.2) is 0 Å². The molecule has 84 valence electrons. The van der Waals surface area contributed by atoms with Crippen LogP contribution in [0.1, 0.15) is 18.7 Å². The molecule has 1 atom stereocenters. The average molecular weight is 236 g/mol. The molecule has 0 aliphatic carbocycles. The summed E-state index contributed by atoms with van der Waals surface area (Å²) >= 11 is 6.11. The minimum atomic E-state index is 0.253. The number of hydrogen-bond acceptors (Lipinski definition) is 2. The summed E-state index contributed by atoms with van der Waals surface area (Å²) in [5, 5.41) is 11.2. The summed E-state index contributed by atoms with van der Waals surface area (Å²) in [7, 11) is 1.92. The summed E-state index contributed by atoms with van der Waals surface area (Å²) < 4.78 is 0. The maximum Gasteiger partial charge on any atom is 0.0939 e. The molecule has 0 saturated carbocycles. The van der Waals surface area contributed by atoms with Gasteiger partial charge in [-0.25, -0.2) is 0 Å². The van der Waals surface area contributed by atoms with Crippen molar-refractivity contribution in [1.29, 1.82) is 0 Å². The Hall–Kier alpha value is -1.32. The summed E-state index contributed by atoms with van der Waals surface area (Å²) in [5.74, 6) is 0. The average Bonchev–Trinajstić information content (AvgIpc) is 2.78. The van der Waals surface area contributed by atoms with E-state index >= 15 is 0 Å². The number of nitrogens with zero attached hydrogens (tertiary/aromatic N) is 1. The van der Waals surface area contributed by atoms with Crippen LogP contribution in [0.3, 0.4) is 0 Å². The van der Waals surface area contributed by atoms with Crippen LogP contribution in [0.5, 0.6) is 0 Å². The van der Waals surface area contributed by atoms with E-state index in [-0.39, 0.29) is 6.04 Å². The van der Waals surface area contributed by atoms with Crippen LogP contribution in [-0.4, -0.2) is 17.2 Å². The van der Waals surface area contributed by atoms with Gasteiger partial charge in [0.25, 0.3) is 0 Å². The largest absolute Gasteiger partial charge is 0.312 e. The molecule has 2 aromatic rings. The highest BCUT2D eigenvalue weighted by molar-refractivity contribution is 6.33. The fraction of sp³-hybridized carbons (Fsp3) is 0.250. The van der Waals surface area contributed by atoms with Gasteiger partial charge in [-0.05, 0) is 26.1 Å². The molecule has 2 N–H and O–H groups in total. The Labute approximate surface area is 99.8 Å². The van der Waals surface area contributed by atoms with Crippen molar-refractivity contribution in [3.8, 4) is 11.3 Å². The van der Waals surface area contributed by atoms with Gasteiger partial charge in [-0.3, -0.25) is 5.10 Å². The molecule has 0 saturated heterocycles. The van der Waals surface area contributed by atoms with Gasteiger partial charge in [-0.2, -0.15) is 5.10 Å². The molecule has 0 spiro atoms. The highest BCUT2D eigenvalue weighted by Gasteiger charge is 2.10. The number of nitrogens with one attached hydrogen (secondary N) is 2. The van der Waals surface area contributed by atoms with Crippen LogP contribution in [0, 0.1) is 0 Å². The molecule has 0 bridgehead atoms. The number of halogens is 1. The van der Waals surface area contributed by atoms with Gasteiger partial charge >= 0.3 is 0 Å². The second-order valence-electron chi connectivity index (χ2n) is 3.70. The van der Waals surface area contributed by atoms with Gasteiger partial charge in [0, 0.05) is 11.6 Å². The topological polar surface area (TPSA) is 40.7 Å². The highest BCUT2D eigenvalue weighted by Crippen LogP contribution is 2.27. The third-order valence-corrected chi connectivity index (χ3v) is 2.98. The third kappa shape index (κ3) is 2.10. The predicted octanol–water partition coefficient (Wildman–Crippen LogP) is 3.01. The van der Waals surface area contributed by atoms with Crippen LogP contribution in [-0.2, 0) is 0 Å². The number of aromatic amines is 1. The van der Waals surface area contributed by atoms with Crippen molar-refractivity contribution in [2.75, 3.05) is 7.05 Å². The van der Waals surface area contributed by atoms with Crippen LogP contribution >= 0.6 is 11.6 Å². The van der Waals surface area contributed by atoms with Gasteiger partial charge in [0.2, 0.25) is 0 Å². The van der Waals surface area contributed by atoms with Crippen molar-refractivity contribution >= 4 is 11.6 Å². The molecular weight excluding hydrogens is 222 g/mol. The first-order valence-corrected chi connectivity index (χ1v) is 5.57. The van der Waals surface area contributed by atoms with Crippen molar-refractivity contribution in [2.45, 2.75) is 13.0 Å². The standard InChI is InChI=1S/C12H14ClN3/c1-8(14-2)11-7-12(16-15-11)9-5-3-4-6-10(9)13/h3-8,14H,1-2H3,(H,15,16). The molecule has 3 nitrogen and oxygen atoms in total. The Morgan fingerprint density at radius 3 is 2.81 bits per heavy atom. The molecular formula is C12H14ClN3. The SMILES string of the molecule is CNC(C)c1cc(-c2ccccc2Cl)n[nH]1. The monoisotopic (exact) mass is 235 g/mol. The van der Waals surface area contributed by atoms with Crippen LogP contribution in [0.25, 0.3) is 11.3 Å². The fourth-order valence-electron chi connectivity index (χ4n) is 1.52. The van der Waals surface area contributed by atoms with Crippen molar-refractivity contribution in [3.05, 3.63) is 41.0 Å². The zero-order valence-corrected chi connectivity index (χ0v) is 10.0. The lowest BCUT2D eigenvalue weighted by molar-refractivity contribution is 0.630. The van der Waals surface area contributed by atoms with Gasteiger partial charge in [0.1, 0.15) is 0 Å². The van der Waals surface area contributed by atoms with E-state index in [2.05, 4.69) is 22.4 Å². The summed E-state index contributed by atoms with van der Waals surface area (Å²) in [6.45, 7) is 2.07. The first-order chi connectivity index (χ1) is 7.72. The predicted molar refractivity (Wildman–Crippen MR) is 66.5 cm³/mol. The summed E-state index contributed by atoms with van der Waals surface area (Å²) in [6.07, 6.45) is 0. The molecule has 4 heteroatoms. The van der Waals surface area contributed by atoms with Gasteiger partial charge < -0.3 is 5.32 Å². The molecule has 0 radical (unpaired) electrons. The van der Waals surface area contributed by atoms with Crippen molar-refractivity contribution in [3.63, 3.8) is 0 Å². The van der Waals surface area contributed by atoms with E-state index in [9.17, 15) is 0 Å². The Bertz CT molecular complexity index is 479. The maximum absolute atomic E-state index is 6.11. The quantitative estimate of drug-likeness (QED) is 0.859. The van der Waals surface area contributed by atoms with Gasteiger partial charge in [0.05, 0.1) is 16.4 Å². The van der Waals surface area contributed by atoms with Crippen LogP contribution in [0.2, 0.25) is 5.02 Å². The van der Waals surface area contributed by atoms with E-state index < -0.39 is 0 Å². The van der Waals surface area contributed by atoms with E-state index in [1.54, 1.807) is 0 Å². The summed E-state index contributed by atoms with van der Waals surface area (Å²) in [5.41, 5.74) is 2.88. The maximum atomic E-state index is 6.11. The first kappa shape index (κ1) is 11.2. The van der Waals surface area contributed by atoms with Gasteiger partial charge in [-0.1, -0.05) is 29.8 Å². The Balaban J connectivity index is 2.35. The Morgan fingerprint density at radius 2 is 2.12 bits per heavy atom. The molecule has 1 aromatic carbocycles. The number of hydrogen-bond donors (Lipinski definition) is 2. The lowest BCUT2D eigenvalue weighted by Crippen LogP contribution is -2.12. The lowest BCUT2D eigenvalue weighted by Gasteiger charge is -2.05. The van der Waals surface area contributed by atoms with Gasteiger partial charge in [-0.15, -0.1) is 0 Å². The first-order valence-electron chi connectivity index (χ1n) is 5.20. The van der Waals surface area contributed by atoms with Crippen molar-refractivity contribution in [1.82, 2.24) is 15.5 Å². The van der Waals surface area contributed by atoms with E-state index in [0.29, 0.717) is 0 Å². The molecule has 1 unspecified atom stereocenters. The minimum absolute atomic E-state index is 0.253.